The molecule has 2 heterocycles. The largest absolute Gasteiger partial charge is 0.323 e. The lowest BCUT2D eigenvalue weighted by Gasteiger charge is -1.93. The number of nitrogens with one attached hydrogen (secondary N) is 1. The fourth-order valence-corrected chi connectivity index (χ4v) is 2.17. The van der Waals surface area contributed by atoms with Crippen molar-refractivity contribution >= 4 is 27.8 Å². The molecule has 14 heavy (non-hydrogen) atoms. The third kappa shape index (κ3) is 1.29. The minimum atomic E-state index is -0.149. The van der Waals surface area contributed by atoms with Gasteiger partial charge in [-0.05, 0) is 17.9 Å². The van der Waals surface area contributed by atoms with Gasteiger partial charge in [0.25, 0.3) is 5.56 Å². The van der Waals surface area contributed by atoms with E-state index < -0.39 is 0 Å². The minimum absolute atomic E-state index is 0.149. The van der Waals surface area contributed by atoms with Crippen LogP contribution in [0.4, 0.5) is 0 Å². The molecule has 0 aliphatic carbocycles. The minimum Gasteiger partial charge on any atom is -0.323 e. The monoisotopic (exact) mass is 208 g/mol. The molecule has 0 aromatic carbocycles. The Labute approximate surface area is 83.3 Å². The fourth-order valence-electron chi connectivity index (χ4n) is 1.24. The summed E-state index contributed by atoms with van der Waals surface area (Å²) in [7, 11) is 0. The Morgan fingerprint density at radius 3 is 3.21 bits per heavy atom. The van der Waals surface area contributed by atoms with E-state index in [4.69, 9.17) is 5.84 Å². The average molecular weight is 208 g/mol. The topological polar surface area (TPSA) is 84.1 Å². The van der Waals surface area contributed by atoms with Gasteiger partial charge in [0.2, 0.25) is 0 Å². The quantitative estimate of drug-likeness (QED) is 0.408. The highest BCUT2D eigenvalue weighted by molar-refractivity contribution is 7.16. The number of hydrogen-bond donors (Lipinski definition) is 2. The molecule has 0 bridgehead atoms. The number of aromatic nitrogens is 2. The number of nitrogens with zero attached hydrogens (tertiary/aromatic N) is 2. The van der Waals surface area contributed by atoms with Gasteiger partial charge in [0.15, 0.2) is 5.82 Å². The number of rotatable bonds is 1. The van der Waals surface area contributed by atoms with E-state index in [9.17, 15) is 4.79 Å². The van der Waals surface area contributed by atoms with Crippen LogP contribution >= 0.6 is 11.3 Å². The van der Waals surface area contributed by atoms with Crippen molar-refractivity contribution in [3.05, 3.63) is 27.1 Å². The third-order valence-electron chi connectivity index (χ3n) is 1.84. The zero-order valence-electron chi connectivity index (χ0n) is 7.44. The fraction of sp³-hybridized carbons (Fsp3) is 0.125. The Bertz CT molecular complexity index is 554. The van der Waals surface area contributed by atoms with Crippen LogP contribution in [0.15, 0.2) is 15.3 Å². The van der Waals surface area contributed by atoms with Crippen molar-refractivity contribution < 1.29 is 0 Å². The van der Waals surface area contributed by atoms with Crippen LogP contribution in [0.3, 0.4) is 0 Å². The first kappa shape index (κ1) is 8.89. The van der Waals surface area contributed by atoms with Crippen LogP contribution in [0.25, 0.3) is 10.2 Å². The summed E-state index contributed by atoms with van der Waals surface area (Å²) in [5.74, 6) is 5.35. The lowest BCUT2D eigenvalue weighted by atomic mass is 10.3. The Kier molecular flexibility index (Phi) is 2.05. The second-order valence-corrected chi connectivity index (χ2v) is 3.69. The summed E-state index contributed by atoms with van der Waals surface area (Å²) in [5.41, 5.74) is 0.790. The van der Waals surface area contributed by atoms with Crippen molar-refractivity contribution in [3.63, 3.8) is 0 Å². The molecule has 0 unspecified atom stereocenters. The number of nitrogens with two attached hydrogens (primary N) is 1. The second kappa shape index (κ2) is 3.22. The van der Waals surface area contributed by atoms with Gasteiger partial charge >= 0.3 is 0 Å². The number of hydrazone groups is 1. The molecule has 0 saturated heterocycles. The normalized spacial score (nSPS) is 11.5. The summed E-state index contributed by atoms with van der Waals surface area (Å²) in [6.45, 7) is 1.88. The van der Waals surface area contributed by atoms with Crippen molar-refractivity contribution in [1.82, 2.24) is 9.97 Å². The Hall–Kier alpha value is -1.69. The second-order valence-electron chi connectivity index (χ2n) is 2.83. The van der Waals surface area contributed by atoms with Crippen LogP contribution in [-0.2, 0) is 0 Å². The first-order chi connectivity index (χ1) is 6.72. The molecule has 0 atom stereocenters. The van der Waals surface area contributed by atoms with Gasteiger partial charge in [-0.25, -0.2) is 4.98 Å². The maximum atomic E-state index is 11.6. The molecule has 0 saturated carbocycles. The van der Waals surface area contributed by atoms with E-state index in [-0.39, 0.29) is 5.56 Å². The average Bonchev–Trinajstić information content (AvgIpc) is 2.48. The molecule has 2 rings (SSSR count). The van der Waals surface area contributed by atoms with E-state index in [0.717, 1.165) is 5.56 Å². The molecule has 72 valence electrons. The Morgan fingerprint density at radius 2 is 2.50 bits per heavy atom. The van der Waals surface area contributed by atoms with Gasteiger partial charge in [-0.1, -0.05) is 0 Å². The van der Waals surface area contributed by atoms with Gasteiger partial charge in [0.1, 0.15) is 4.83 Å². The lowest BCUT2D eigenvalue weighted by Crippen LogP contribution is -2.11. The smallest absolute Gasteiger partial charge is 0.260 e. The molecule has 0 amide bonds. The summed E-state index contributed by atoms with van der Waals surface area (Å²) in [4.78, 5) is 19.0. The molecular weight excluding hydrogens is 200 g/mol. The Morgan fingerprint density at radius 1 is 1.71 bits per heavy atom. The molecule has 2 aromatic heterocycles. The molecule has 3 N–H and O–H groups in total. The number of fused-ring (bicyclic) bond motifs is 1. The standard InChI is InChI=1S/C8H8N4OS/c1-4-3-14-8-6(4)7(13)11-5(12-8)2-10-9/h2-3H,9H2,1H3,(H,11,12,13)/b10-2+. The van der Waals surface area contributed by atoms with Crippen LogP contribution in [0.5, 0.6) is 0 Å². The molecule has 0 aliphatic heterocycles. The molecule has 5 nitrogen and oxygen atoms in total. The van der Waals surface area contributed by atoms with Crippen molar-refractivity contribution in [1.29, 1.82) is 0 Å². The maximum Gasteiger partial charge on any atom is 0.260 e. The highest BCUT2D eigenvalue weighted by Gasteiger charge is 2.06. The number of aromatic amines is 1. The maximum absolute atomic E-state index is 11.6. The number of H-pyrrole nitrogens is 1. The number of hydrogen-bond acceptors (Lipinski definition) is 5. The number of aryl methyl sites for hydroxylation is 1. The summed E-state index contributed by atoms with van der Waals surface area (Å²) in [6.07, 6.45) is 1.32. The zero-order chi connectivity index (χ0) is 10.1. The van der Waals surface area contributed by atoms with Gasteiger partial charge in [0, 0.05) is 0 Å². The Balaban J connectivity index is 2.81. The van der Waals surface area contributed by atoms with E-state index >= 15 is 0 Å². The van der Waals surface area contributed by atoms with Gasteiger partial charge in [-0.3, -0.25) is 4.79 Å². The first-order valence-corrected chi connectivity index (χ1v) is 4.81. The van der Waals surface area contributed by atoms with Crippen molar-refractivity contribution in [2.75, 3.05) is 0 Å². The highest BCUT2D eigenvalue weighted by Crippen LogP contribution is 2.19. The molecule has 0 aliphatic rings. The van der Waals surface area contributed by atoms with Crippen LogP contribution in [0, 0.1) is 6.92 Å². The predicted octanol–water partition coefficient (Wildman–Crippen LogP) is 0.586. The van der Waals surface area contributed by atoms with Crippen molar-refractivity contribution in [3.8, 4) is 0 Å². The van der Waals surface area contributed by atoms with E-state index in [0.29, 0.717) is 16.0 Å². The summed E-state index contributed by atoms with van der Waals surface area (Å²) >= 11 is 1.43. The van der Waals surface area contributed by atoms with Crippen LogP contribution in [0.1, 0.15) is 11.4 Å². The van der Waals surface area contributed by atoms with E-state index in [2.05, 4.69) is 15.1 Å². The lowest BCUT2D eigenvalue weighted by molar-refractivity contribution is 1.14. The molecule has 0 fully saturated rings. The van der Waals surface area contributed by atoms with E-state index in [1.54, 1.807) is 0 Å². The van der Waals surface area contributed by atoms with Gasteiger partial charge in [-0.2, -0.15) is 5.10 Å². The van der Waals surface area contributed by atoms with Crippen LogP contribution in [0.2, 0.25) is 0 Å². The summed E-state index contributed by atoms with van der Waals surface area (Å²) in [6, 6.07) is 0. The third-order valence-corrected chi connectivity index (χ3v) is 2.83. The van der Waals surface area contributed by atoms with Crippen LogP contribution in [-0.4, -0.2) is 16.2 Å². The van der Waals surface area contributed by atoms with Gasteiger partial charge in [0.05, 0.1) is 11.6 Å². The highest BCUT2D eigenvalue weighted by atomic mass is 32.1. The van der Waals surface area contributed by atoms with Crippen LogP contribution < -0.4 is 11.4 Å². The SMILES string of the molecule is Cc1csc2nc(/C=N/N)[nH]c(=O)c12. The van der Waals surface area contributed by atoms with Crippen molar-refractivity contribution in [2.45, 2.75) is 6.92 Å². The summed E-state index contributed by atoms with van der Waals surface area (Å²) < 4.78 is 0. The number of thiophene rings is 1. The van der Waals surface area contributed by atoms with Gasteiger partial charge < -0.3 is 10.8 Å². The van der Waals surface area contributed by atoms with Crippen molar-refractivity contribution in [2.24, 2.45) is 10.9 Å². The van der Waals surface area contributed by atoms with E-state index in [1.807, 2.05) is 12.3 Å². The molecule has 0 radical (unpaired) electrons. The molecule has 2 aromatic rings. The first-order valence-electron chi connectivity index (χ1n) is 3.93. The van der Waals surface area contributed by atoms with Gasteiger partial charge in [-0.15, -0.1) is 11.3 Å². The molecule has 0 spiro atoms. The zero-order valence-corrected chi connectivity index (χ0v) is 8.26. The molecular formula is C8H8N4OS. The summed E-state index contributed by atoms with van der Waals surface area (Å²) in [5, 5.41) is 5.85. The molecule has 6 heteroatoms. The predicted molar refractivity (Wildman–Crippen MR) is 56.8 cm³/mol. The van der Waals surface area contributed by atoms with E-state index in [1.165, 1.54) is 17.6 Å².